The first-order chi connectivity index (χ1) is 6.81. The lowest BCUT2D eigenvalue weighted by molar-refractivity contribution is 0.111. The number of hydrogen-bond acceptors (Lipinski definition) is 3. The predicted octanol–water partition coefficient (Wildman–Crippen LogP) is 2.92. The minimum atomic E-state index is 0.322. The van der Waals surface area contributed by atoms with Gasteiger partial charge in [-0.15, -0.1) is 0 Å². The monoisotopic (exact) mass is 251 g/mol. The van der Waals surface area contributed by atoms with Gasteiger partial charge in [0.05, 0.1) is 5.56 Å². The Hall–Kier alpha value is -1.42. The Morgan fingerprint density at radius 1 is 1.43 bits per heavy atom. The van der Waals surface area contributed by atoms with Crippen LogP contribution < -0.4 is 0 Å². The number of rotatable bonds is 2. The first kappa shape index (κ1) is 9.15. The van der Waals surface area contributed by atoms with Crippen LogP contribution in [0.4, 0.5) is 0 Å². The van der Waals surface area contributed by atoms with Gasteiger partial charge in [-0.2, -0.15) is 0 Å². The number of halogens is 1. The molecule has 1 aromatic heterocycles. The van der Waals surface area contributed by atoms with Gasteiger partial charge in [0.1, 0.15) is 6.26 Å². The van der Waals surface area contributed by atoms with Gasteiger partial charge in [0.25, 0.3) is 0 Å². The summed E-state index contributed by atoms with van der Waals surface area (Å²) in [6.07, 6.45) is 2.14. The summed E-state index contributed by atoms with van der Waals surface area (Å²) in [5, 5.41) is 3.58. The Morgan fingerprint density at radius 2 is 2.29 bits per heavy atom. The van der Waals surface area contributed by atoms with Crippen LogP contribution in [-0.4, -0.2) is 11.4 Å². The molecule has 3 nitrogen and oxygen atoms in total. The lowest BCUT2D eigenvalue weighted by Gasteiger charge is -1.97. The Kier molecular flexibility index (Phi) is 2.45. The summed E-state index contributed by atoms with van der Waals surface area (Å²) in [5.74, 6) is 0. The molecule has 0 amide bonds. The van der Waals surface area contributed by atoms with Gasteiger partial charge in [-0.1, -0.05) is 33.2 Å². The predicted molar refractivity (Wildman–Crippen MR) is 55.0 cm³/mol. The molecule has 1 aromatic carbocycles. The van der Waals surface area contributed by atoms with Gasteiger partial charge in [0, 0.05) is 4.47 Å². The molecule has 2 aromatic rings. The lowest BCUT2D eigenvalue weighted by Crippen LogP contribution is -1.83. The van der Waals surface area contributed by atoms with Crippen molar-refractivity contribution in [3.8, 4) is 11.1 Å². The molecule has 14 heavy (non-hydrogen) atoms. The largest absolute Gasteiger partial charge is 0.363 e. The zero-order valence-electron chi connectivity index (χ0n) is 7.11. The summed E-state index contributed by atoms with van der Waals surface area (Å²) in [4.78, 5) is 10.6. The zero-order chi connectivity index (χ0) is 9.97. The minimum Gasteiger partial charge on any atom is -0.363 e. The van der Waals surface area contributed by atoms with Crippen LogP contribution >= 0.6 is 15.9 Å². The Labute approximate surface area is 88.8 Å². The van der Waals surface area contributed by atoms with Crippen molar-refractivity contribution in [2.75, 3.05) is 0 Å². The third-order valence-corrected chi connectivity index (χ3v) is 2.34. The highest BCUT2D eigenvalue weighted by Crippen LogP contribution is 2.24. The highest BCUT2D eigenvalue weighted by atomic mass is 79.9. The van der Waals surface area contributed by atoms with Gasteiger partial charge in [0.2, 0.25) is 0 Å². The third-order valence-electron chi connectivity index (χ3n) is 1.84. The van der Waals surface area contributed by atoms with Crippen molar-refractivity contribution < 1.29 is 9.32 Å². The summed E-state index contributed by atoms with van der Waals surface area (Å²) in [6.45, 7) is 0. The van der Waals surface area contributed by atoms with E-state index in [1.165, 1.54) is 6.26 Å². The number of aldehydes is 1. The van der Waals surface area contributed by atoms with Crippen LogP contribution in [0.1, 0.15) is 10.5 Å². The zero-order valence-corrected chi connectivity index (χ0v) is 8.69. The Bertz CT molecular complexity index is 465. The normalized spacial score (nSPS) is 10.1. The van der Waals surface area contributed by atoms with Crippen molar-refractivity contribution in [1.82, 2.24) is 5.16 Å². The SMILES string of the molecule is O=Cc1nocc1-c1cccc(Br)c1. The quantitative estimate of drug-likeness (QED) is 0.771. The molecule has 0 aliphatic heterocycles. The van der Waals surface area contributed by atoms with E-state index in [1.54, 1.807) is 0 Å². The minimum absolute atomic E-state index is 0.322. The first-order valence-corrected chi connectivity index (χ1v) is 4.76. The molecule has 0 aliphatic rings. The summed E-state index contributed by atoms with van der Waals surface area (Å²) in [6, 6.07) is 7.60. The molecule has 0 saturated carbocycles. The summed E-state index contributed by atoms with van der Waals surface area (Å²) >= 11 is 3.35. The Balaban J connectivity index is 2.54. The lowest BCUT2D eigenvalue weighted by atomic mass is 10.1. The number of benzene rings is 1. The van der Waals surface area contributed by atoms with Crippen molar-refractivity contribution in [2.24, 2.45) is 0 Å². The average Bonchev–Trinajstić information content (AvgIpc) is 2.65. The molecule has 0 N–H and O–H groups in total. The fourth-order valence-electron chi connectivity index (χ4n) is 1.20. The smallest absolute Gasteiger partial charge is 0.172 e. The van der Waals surface area contributed by atoms with Crippen LogP contribution in [0.3, 0.4) is 0 Å². The first-order valence-electron chi connectivity index (χ1n) is 3.97. The highest BCUT2D eigenvalue weighted by Gasteiger charge is 2.08. The maximum atomic E-state index is 10.6. The average molecular weight is 252 g/mol. The molecule has 0 fully saturated rings. The van der Waals surface area contributed by atoms with Crippen molar-refractivity contribution in [3.63, 3.8) is 0 Å². The van der Waals surface area contributed by atoms with E-state index in [4.69, 9.17) is 4.52 Å². The molecule has 4 heteroatoms. The molecule has 0 atom stereocenters. The van der Waals surface area contributed by atoms with E-state index in [0.717, 1.165) is 10.0 Å². The molecule has 0 saturated heterocycles. The molecular weight excluding hydrogens is 246 g/mol. The number of carbonyl (C=O) groups excluding carboxylic acids is 1. The van der Waals surface area contributed by atoms with Gasteiger partial charge < -0.3 is 4.52 Å². The van der Waals surface area contributed by atoms with Crippen LogP contribution in [0.5, 0.6) is 0 Å². The molecule has 70 valence electrons. The van der Waals surface area contributed by atoms with Crippen molar-refractivity contribution >= 4 is 22.2 Å². The summed E-state index contributed by atoms with van der Waals surface area (Å²) in [5.41, 5.74) is 1.94. The Morgan fingerprint density at radius 3 is 3.00 bits per heavy atom. The molecule has 0 radical (unpaired) electrons. The number of nitrogens with zero attached hydrogens (tertiary/aromatic N) is 1. The second-order valence-electron chi connectivity index (χ2n) is 2.74. The molecule has 0 spiro atoms. The third kappa shape index (κ3) is 1.61. The number of hydrogen-bond donors (Lipinski definition) is 0. The standard InChI is InChI=1S/C10H6BrNO2/c11-8-3-1-2-7(4-8)9-6-14-12-10(9)5-13/h1-6H. The van der Waals surface area contributed by atoms with Crippen LogP contribution in [0.15, 0.2) is 39.5 Å². The maximum absolute atomic E-state index is 10.6. The van der Waals surface area contributed by atoms with Crippen molar-refractivity contribution in [1.29, 1.82) is 0 Å². The van der Waals surface area contributed by atoms with E-state index < -0.39 is 0 Å². The van der Waals surface area contributed by atoms with Crippen LogP contribution in [0.25, 0.3) is 11.1 Å². The van der Waals surface area contributed by atoms with Gasteiger partial charge >= 0.3 is 0 Å². The highest BCUT2D eigenvalue weighted by molar-refractivity contribution is 9.10. The molecule has 0 bridgehead atoms. The van der Waals surface area contributed by atoms with Crippen LogP contribution in [0.2, 0.25) is 0 Å². The van der Waals surface area contributed by atoms with Gasteiger partial charge in [-0.05, 0) is 17.7 Å². The maximum Gasteiger partial charge on any atom is 0.172 e. The van der Waals surface area contributed by atoms with Gasteiger partial charge in [-0.25, -0.2) is 0 Å². The van der Waals surface area contributed by atoms with E-state index in [0.29, 0.717) is 17.5 Å². The van der Waals surface area contributed by atoms with E-state index >= 15 is 0 Å². The molecule has 0 aliphatic carbocycles. The molecule has 1 heterocycles. The number of carbonyl (C=O) groups is 1. The van der Waals surface area contributed by atoms with E-state index in [9.17, 15) is 4.79 Å². The van der Waals surface area contributed by atoms with E-state index in [1.807, 2.05) is 24.3 Å². The fraction of sp³-hybridized carbons (Fsp3) is 0. The molecule has 0 unspecified atom stereocenters. The molecule has 2 rings (SSSR count). The summed E-state index contributed by atoms with van der Waals surface area (Å²) in [7, 11) is 0. The second kappa shape index (κ2) is 3.75. The second-order valence-corrected chi connectivity index (χ2v) is 3.66. The van der Waals surface area contributed by atoms with E-state index in [-0.39, 0.29) is 0 Å². The van der Waals surface area contributed by atoms with Crippen LogP contribution in [-0.2, 0) is 0 Å². The van der Waals surface area contributed by atoms with Gasteiger partial charge in [-0.3, -0.25) is 4.79 Å². The number of aromatic nitrogens is 1. The topological polar surface area (TPSA) is 43.1 Å². The van der Waals surface area contributed by atoms with Crippen molar-refractivity contribution in [3.05, 3.63) is 40.7 Å². The fourth-order valence-corrected chi connectivity index (χ4v) is 1.60. The summed E-state index contributed by atoms with van der Waals surface area (Å²) < 4.78 is 5.69. The molecular formula is C10H6BrNO2. The van der Waals surface area contributed by atoms with Crippen LogP contribution in [0, 0.1) is 0 Å². The van der Waals surface area contributed by atoms with Gasteiger partial charge in [0.15, 0.2) is 12.0 Å². The van der Waals surface area contributed by atoms with Crippen molar-refractivity contribution in [2.45, 2.75) is 0 Å². The van der Waals surface area contributed by atoms with E-state index in [2.05, 4.69) is 21.1 Å².